The quantitative estimate of drug-likeness (QED) is 0.864. The molecule has 0 fully saturated rings. The summed E-state index contributed by atoms with van der Waals surface area (Å²) in [6.45, 7) is 0.378. The molecule has 0 aliphatic rings. The molecule has 1 rings (SSSR count). The van der Waals surface area contributed by atoms with Crippen LogP contribution in [0.3, 0.4) is 0 Å². The summed E-state index contributed by atoms with van der Waals surface area (Å²) in [6, 6.07) is 7.06. The molecule has 1 aromatic rings. The van der Waals surface area contributed by atoms with E-state index in [1.165, 1.54) is 7.05 Å². The van der Waals surface area contributed by atoms with Gasteiger partial charge in [-0.15, -0.1) is 0 Å². The Morgan fingerprint density at radius 2 is 2.24 bits per heavy atom. The van der Waals surface area contributed by atoms with Crippen LogP contribution < -0.4 is 10.1 Å². The van der Waals surface area contributed by atoms with E-state index in [0.717, 1.165) is 4.47 Å². The lowest BCUT2D eigenvalue weighted by Crippen LogP contribution is -2.21. The van der Waals surface area contributed by atoms with Crippen molar-refractivity contribution in [2.75, 3.05) is 20.3 Å². The van der Waals surface area contributed by atoms with Gasteiger partial charge in [-0.05, 0) is 18.2 Å². The monoisotopic (exact) mass is 298 g/mol. The fraction of sp³-hybridized carbons (Fsp3) is 0.273. The molecule has 0 bridgehead atoms. The van der Waals surface area contributed by atoms with Gasteiger partial charge in [-0.2, -0.15) is 5.26 Å². The van der Waals surface area contributed by atoms with E-state index in [1.807, 2.05) is 6.07 Å². The second-order valence-corrected chi connectivity index (χ2v) is 3.94. The number of amides is 1. The Labute approximate surface area is 107 Å². The van der Waals surface area contributed by atoms with Crippen LogP contribution in [0.4, 0.5) is 4.79 Å². The van der Waals surface area contributed by atoms with E-state index in [9.17, 15) is 4.79 Å². The number of nitrogens with one attached hydrogen (secondary N) is 1. The Hall–Kier alpha value is -1.74. The number of benzene rings is 1. The molecular formula is C11H11BrN2O3. The minimum absolute atomic E-state index is 0.147. The van der Waals surface area contributed by atoms with Crippen molar-refractivity contribution in [3.63, 3.8) is 0 Å². The Balaban J connectivity index is 2.44. The lowest BCUT2D eigenvalue weighted by molar-refractivity contribution is 0.127. The van der Waals surface area contributed by atoms with Crippen LogP contribution >= 0.6 is 15.9 Å². The standard InChI is InChI=1S/C11H11BrN2O3/c1-14-11(15)17-3-2-16-10-5-8(7-13)4-9(12)6-10/h4-6H,2-3H2,1H3,(H,14,15). The lowest BCUT2D eigenvalue weighted by atomic mass is 10.2. The second kappa shape index (κ2) is 6.76. The molecule has 0 saturated heterocycles. The first-order valence-electron chi connectivity index (χ1n) is 4.83. The molecule has 0 aliphatic carbocycles. The summed E-state index contributed by atoms with van der Waals surface area (Å²) in [5, 5.41) is 11.1. The zero-order valence-electron chi connectivity index (χ0n) is 9.20. The Morgan fingerprint density at radius 3 is 2.88 bits per heavy atom. The first-order valence-corrected chi connectivity index (χ1v) is 5.63. The first-order chi connectivity index (χ1) is 8.15. The van der Waals surface area contributed by atoms with Crippen LogP contribution in [0.5, 0.6) is 5.75 Å². The zero-order chi connectivity index (χ0) is 12.7. The van der Waals surface area contributed by atoms with Gasteiger partial charge in [0.05, 0.1) is 11.6 Å². The number of rotatable bonds is 4. The van der Waals surface area contributed by atoms with Crippen molar-refractivity contribution in [1.29, 1.82) is 5.26 Å². The summed E-state index contributed by atoms with van der Waals surface area (Å²) in [7, 11) is 1.48. The van der Waals surface area contributed by atoms with Crippen molar-refractivity contribution >= 4 is 22.0 Å². The van der Waals surface area contributed by atoms with Gasteiger partial charge in [-0.25, -0.2) is 4.79 Å². The number of carbonyl (C=O) groups excluding carboxylic acids is 1. The highest BCUT2D eigenvalue weighted by molar-refractivity contribution is 9.10. The molecule has 0 aliphatic heterocycles. The van der Waals surface area contributed by atoms with Crippen LogP contribution in [0.25, 0.3) is 0 Å². The van der Waals surface area contributed by atoms with E-state index in [0.29, 0.717) is 11.3 Å². The Bertz CT molecular complexity index is 443. The molecule has 0 radical (unpaired) electrons. The molecular weight excluding hydrogens is 288 g/mol. The van der Waals surface area contributed by atoms with Crippen molar-refractivity contribution in [1.82, 2.24) is 5.32 Å². The highest BCUT2D eigenvalue weighted by Crippen LogP contribution is 2.20. The molecule has 0 aromatic heterocycles. The number of nitriles is 1. The number of ether oxygens (including phenoxy) is 2. The van der Waals surface area contributed by atoms with Crippen LogP contribution in [0.2, 0.25) is 0 Å². The highest BCUT2D eigenvalue weighted by atomic mass is 79.9. The van der Waals surface area contributed by atoms with Gasteiger partial charge in [0.1, 0.15) is 19.0 Å². The largest absolute Gasteiger partial charge is 0.490 e. The predicted octanol–water partition coefficient (Wildman–Crippen LogP) is 2.06. The zero-order valence-corrected chi connectivity index (χ0v) is 10.8. The van der Waals surface area contributed by atoms with Crippen molar-refractivity contribution in [2.24, 2.45) is 0 Å². The van der Waals surface area contributed by atoms with Gasteiger partial charge in [0.25, 0.3) is 0 Å². The fourth-order valence-corrected chi connectivity index (χ4v) is 1.55. The van der Waals surface area contributed by atoms with E-state index in [1.54, 1.807) is 18.2 Å². The number of carbonyl (C=O) groups is 1. The summed E-state index contributed by atoms with van der Waals surface area (Å²) in [5.41, 5.74) is 0.501. The van der Waals surface area contributed by atoms with Gasteiger partial charge in [0, 0.05) is 11.5 Å². The highest BCUT2D eigenvalue weighted by Gasteiger charge is 2.01. The summed E-state index contributed by atoms with van der Waals surface area (Å²) in [4.78, 5) is 10.7. The van der Waals surface area contributed by atoms with E-state index >= 15 is 0 Å². The van der Waals surface area contributed by atoms with Gasteiger partial charge < -0.3 is 14.8 Å². The minimum Gasteiger partial charge on any atom is -0.490 e. The Kier molecular flexibility index (Phi) is 5.30. The molecule has 0 unspecified atom stereocenters. The Morgan fingerprint density at radius 1 is 1.47 bits per heavy atom. The molecule has 0 atom stereocenters. The van der Waals surface area contributed by atoms with E-state index in [-0.39, 0.29) is 13.2 Å². The number of hydrogen-bond donors (Lipinski definition) is 1. The van der Waals surface area contributed by atoms with E-state index in [2.05, 4.69) is 21.2 Å². The molecule has 1 N–H and O–H groups in total. The predicted molar refractivity (Wildman–Crippen MR) is 64.8 cm³/mol. The molecule has 1 amide bonds. The molecule has 0 spiro atoms. The van der Waals surface area contributed by atoms with E-state index < -0.39 is 6.09 Å². The third kappa shape index (κ3) is 4.74. The SMILES string of the molecule is CNC(=O)OCCOc1cc(Br)cc(C#N)c1. The summed E-state index contributed by atoms with van der Waals surface area (Å²) < 4.78 is 10.8. The number of alkyl carbamates (subject to hydrolysis) is 1. The lowest BCUT2D eigenvalue weighted by Gasteiger charge is -2.07. The van der Waals surface area contributed by atoms with Crippen LogP contribution in [0.15, 0.2) is 22.7 Å². The van der Waals surface area contributed by atoms with Gasteiger partial charge >= 0.3 is 6.09 Å². The van der Waals surface area contributed by atoms with Gasteiger partial charge in [0.2, 0.25) is 0 Å². The third-order valence-corrected chi connectivity index (χ3v) is 2.25. The van der Waals surface area contributed by atoms with Crippen LogP contribution in [-0.4, -0.2) is 26.4 Å². The maximum Gasteiger partial charge on any atom is 0.406 e. The number of nitrogens with zero attached hydrogens (tertiary/aromatic N) is 1. The maximum atomic E-state index is 10.7. The maximum absolute atomic E-state index is 10.7. The average Bonchev–Trinajstić information content (AvgIpc) is 2.33. The molecule has 1 aromatic carbocycles. The minimum atomic E-state index is -0.499. The summed E-state index contributed by atoms with van der Waals surface area (Å²) in [5.74, 6) is 0.552. The van der Waals surface area contributed by atoms with Gasteiger partial charge in [0.15, 0.2) is 0 Å². The van der Waals surface area contributed by atoms with Gasteiger partial charge in [-0.1, -0.05) is 15.9 Å². The van der Waals surface area contributed by atoms with Gasteiger partial charge in [-0.3, -0.25) is 0 Å². The molecule has 6 heteroatoms. The summed E-state index contributed by atoms with van der Waals surface area (Å²) in [6.07, 6.45) is -0.499. The molecule has 0 saturated carbocycles. The fourth-order valence-electron chi connectivity index (χ4n) is 1.08. The third-order valence-electron chi connectivity index (χ3n) is 1.79. The summed E-state index contributed by atoms with van der Waals surface area (Å²) >= 11 is 3.27. The van der Waals surface area contributed by atoms with Crippen LogP contribution in [-0.2, 0) is 4.74 Å². The molecule has 17 heavy (non-hydrogen) atoms. The smallest absolute Gasteiger partial charge is 0.406 e. The van der Waals surface area contributed by atoms with Crippen molar-refractivity contribution < 1.29 is 14.3 Å². The van der Waals surface area contributed by atoms with Crippen molar-refractivity contribution in [3.8, 4) is 11.8 Å². The first kappa shape index (κ1) is 13.3. The second-order valence-electron chi connectivity index (χ2n) is 3.02. The van der Waals surface area contributed by atoms with Crippen molar-refractivity contribution in [3.05, 3.63) is 28.2 Å². The topological polar surface area (TPSA) is 71.3 Å². The number of halogens is 1. The van der Waals surface area contributed by atoms with Crippen LogP contribution in [0.1, 0.15) is 5.56 Å². The normalized spacial score (nSPS) is 9.24. The molecule has 90 valence electrons. The molecule has 0 heterocycles. The van der Waals surface area contributed by atoms with E-state index in [4.69, 9.17) is 14.7 Å². The number of hydrogen-bond acceptors (Lipinski definition) is 4. The molecule has 5 nitrogen and oxygen atoms in total. The van der Waals surface area contributed by atoms with Crippen molar-refractivity contribution in [2.45, 2.75) is 0 Å². The van der Waals surface area contributed by atoms with Crippen LogP contribution in [0, 0.1) is 11.3 Å². The average molecular weight is 299 g/mol.